The Kier molecular flexibility index (Phi) is 3.38. The van der Waals surface area contributed by atoms with Crippen LogP contribution in [0.3, 0.4) is 0 Å². The molecule has 92 valence electrons. The Morgan fingerprint density at radius 2 is 2.17 bits per heavy atom. The molecular formula is C12H11N3O3. The molecule has 0 saturated carbocycles. The van der Waals surface area contributed by atoms with Gasteiger partial charge in [0.05, 0.1) is 17.3 Å². The molecule has 0 aliphatic heterocycles. The Bertz CT molecular complexity index is 564. The smallest absolute Gasteiger partial charge is 0.335 e. The van der Waals surface area contributed by atoms with E-state index in [0.717, 1.165) is 5.56 Å². The highest BCUT2D eigenvalue weighted by Gasteiger charge is 2.07. The SMILES string of the molecule is O=C(O)c1cccc(CNC(=O)c2cn[nH]c2)c1. The molecule has 0 aliphatic rings. The summed E-state index contributed by atoms with van der Waals surface area (Å²) in [6.07, 6.45) is 2.91. The van der Waals surface area contributed by atoms with Gasteiger partial charge in [-0.3, -0.25) is 9.89 Å². The van der Waals surface area contributed by atoms with E-state index in [1.165, 1.54) is 24.5 Å². The van der Waals surface area contributed by atoms with Crippen molar-refractivity contribution in [1.29, 1.82) is 0 Å². The number of aromatic carboxylic acids is 1. The van der Waals surface area contributed by atoms with Crippen LogP contribution in [0.2, 0.25) is 0 Å². The number of hydrogen-bond acceptors (Lipinski definition) is 3. The monoisotopic (exact) mass is 245 g/mol. The minimum Gasteiger partial charge on any atom is -0.478 e. The van der Waals surface area contributed by atoms with Gasteiger partial charge < -0.3 is 10.4 Å². The van der Waals surface area contributed by atoms with Crippen LogP contribution in [-0.2, 0) is 6.54 Å². The van der Waals surface area contributed by atoms with Crippen LogP contribution < -0.4 is 5.32 Å². The number of rotatable bonds is 4. The second-order valence-corrected chi connectivity index (χ2v) is 3.68. The molecule has 0 spiro atoms. The summed E-state index contributed by atoms with van der Waals surface area (Å²) >= 11 is 0. The molecule has 0 saturated heterocycles. The number of carboxylic acid groups (broad SMARTS) is 1. The summed E-state index contributed by atoms with van der Waals surface area (Å²) in [5.74, 6) is -1.25. The number of carboxylic acids is 1. The first-order chi connectivity index (χ1) is 8.66. The van der Waals surface area contributed by atoms with Crippen molar-refractivity contribution in [2.45, 2.75) is 6.54 Å². The van der Waals surface area contributed by atoms with E-state index in [0.29, 0.717) is 5.56 Å². The van der Waals surface area contributed by atoms with Crippen molar-refractivity contribution in [3.8, 4) is 0 Å². The molecule has 0 radical (unpaired) electrons. The molecule has 3 N–H and O–H groups in total. The minimum atomic E-state index is -0.988. The second-order valence-electron chi connectivity index (χ2n) is 3.68. The lowest BCUT2D eigenvalue weighted by atomic mass is 10.1. The highest BCUT2D eigenvalue weighted by atomic mass is 16.4. The fourth-order valence-electron chi connectivity index (χ4n) is 1.47. The van der Waals surface area contributed by atoms with Crippen LogP contribution in [0.4, 0.5) is 0 Å². The summed E-state index contributed by atoms with van der Waals surface area (Å²) in [6.45, 7) is 0.269. The number of H-pyrrole nitrogens is 1. The maximum atomic E-state index is 11.6. The van der Waals surface area contributed by atoms with Crippen LogP contribution in [0.5, 0.6) is 0 Å². The lowest BCUT2D eigenvalue weighted by Crippen LogP contribution is -2.22. The highest BCUT2D eigenvalue weighted by molar-refractivity contribution is 5.93. The lowest BCUT2D eigenvalue weighted by Gasteiger charge is -2.04. The average Bonchev–Trinajstić information content (AvgIpc) is 2.90. The Hall–Kier alpha value is -2.63. The van der Waals surface area contributed by atoms with Gasteiger partial charge >= 0.3 is 5.97 Å². The fourth-order valence-corrected chi connectivity index (χ4v) is 1.47. The normalized spacial score (nSPS) is 10.0. The van der Waals surface area contributed by atoms with Crippen molar-refractivity contribution in [3.63, 3.8) is 0 Å². The molecule has 6 heteroatoms. The summed E-state index contributed by atoms with van der Waals surface area (Å²) in [7, 11) is 0. The van der Waals surface area contributed by atoms with E-state index in [2.05, 4.69) is 15.5 Å². The number of aromatic amines is 1. The Balaban J connectivity index is 2.00. The molecule has 2 rings (SSSR count). The van der Waals surface area contributed by atoms with Gasteiger partial charge in [0.2, 0.25) is 0 Å². The summed E-state index contributed by atoms with van der Waals surface area (Å²) in [4.78, 5) is 22.4. The van der Waals surface area contributed by atoms with E-state index in [9.17, 15) is 9.59 Å². The number of nitrogens with one attached hydrogen (secondary N) is 2. The summed E-state index contributed by atoms with van der Waals surface area (Å²) in [6, 6.07) is 6.42. The standard InChI is InChI=1S/C12H11N3O3/c16-11(10-6-14-15-7-10)13-5-8-2-1-3-9(4-8)12(17)18/h1-4,6-7H,5H2,(H,13,16)(H,14,15)(H,17,18). The first-order valence-electron chi connectivity index (χ1n) is 5.26. The van der Waals surface area contributed by atoms with Crippen LogP contribution in [0.15, 0.2) is 36.7 Å². The van der Waals surface area contributed by atoms with Crippen LogP contribution in [0, 0.1) is 0 Å². The third-order valence-electron chi connectivity index (χ3n) is 2.39. The molecule has 0 atom stereocenters. The van der Waals surface area contributed by atoms with Crippen molar-refractivity contribution < 1.29 is 14.7 Å². The molecule has 18 heavy (non-hydrogen) atoms. The molecule has 1 heterocycles. The van der Waals surface area contributed by atoms with Crippen LogP contribution in [-0.4, -0.2) is 27.2 Å². The van der Waals surface area contributed by atoms with Crippen molar-refractivity contribution in [1.82, 2.24) is 15.5 Å². The third kappa shape index (κ3) is 2.73. The van der Waals surface area contributed by atoms with Gasteiger partial charge in [0.1, 0.15) is 0 Å². The van der Waals surface area contributed by atoms with Gasteiger partial charge in [0, 0.05) is 12.7 Å². The second kappa shape index (κ2) is 5.13. The van der Waals surface area contributed by atoms with Gasteiger partial charge in [0.25, 0.3) is 5.91 Å². The fraction of sp³-hybridized carbons (Fsp3) is 0.0833. The number of carbonyl (C=O) groups is 2. The van der Waals surface area contributed by atoms with E-state index in [4.69, 9.17) is 5.11 Å². The van der Waals surface area contributed by atoms with E-state index in [1.54, 1.807) is 12.1 Å². The number of hydrogen-bond donors (Lipinski definition) is 3. The molecule has 1 aromatic carbocycles. The number of amides is 1. The van der Waals surface area contributed by atoms with Gasteiger partial charge in [-0.2, -0.15) is 5.10 Å². The summed E-state index contributed by atoms with van der Waals surface area (Å²) in [5, 5.41) is 17.7. The zero-order chi connectivity index (χ0) is 13.0. The van der Waals surface area contributed by atoms with Gasteiger partial charge in [-0.1, -0.05) is 12.1 Å². The zero-order valence-electron chi connectivity index (χ0n) is 9.38. The maximum Gasteiger partial charge on any atom is 0.335 e. The average molecular weight is 245 g/mol. The van der Waals surface area contributed by atoms with Crippen LogP contribution >= 0.6 is 0 Å². The van der Waals surface area contributed by atoms with E-state index in [-0.39, 0.29) is 18.0 Å². The summed E-state index contributed by atoms with van der Waals surface area (Å²) in [5.41, 5.74) is 1.36. The highest BCUT2D eigenvalue weighted by Crippen LogP contribution is 2.05. The topological polar surface area (TPSA) is 95.1 Å². The first kappa shape index (κ1) is 11.8. The van der Waals surface area contributed by atoms with Crippen LogP contribution in [0.1, 0.15) is 26.3 Å². The van der Waals surface area contributed by atoms with E-state index < -0.39 is 5.97 Å². The molecule has 1 amide bonds. The molecule has 6 nitrogen and oxygen atoms in total. The van der Waals surface area contributed by atoms with E-state index >= 15 is 0 Å². The van der Waals surface area contributed by atoms with Gasteiger partial charge in [0.15, 0.2) is 0 Å². The lowest BCUT2D eigenvalue weighted by molar-refractivity contribution is 0.0696. The van der Waals surface area contributed by atoms with Gasteiger partial charge in [-0.25, -0.2) is 4.79 Å². The largest absolute Gasteiger partial charge is 0.478 e. The van der Waals surface area contributed by atoms with Crippen molar-refractivity contribution in [3.05, 3.63) is 53.3 Å². The number of benzene rings is 1. The quantitative estimate of drug-likeness (QED) is 0.749. The third-order valence-corrected chi connectivity index (χ3v) is 2.39. The van der Waals surface area contributed by atoms with Gasteiger partial charge in [-0.15, -0.1) is 0 Å². The molecule has 0 unspecified atom stereocenters. The predicted octanol–water partition coefficient (Wildman–Crippen LogP) is 1.04. The molecule has 1 aromatic heterocycles. The predicted molar refractivity (Wildman–Crippen MR) is 63.2 cm³/mol. The van der Waals surface area contributed by atoms with Crippen molar-refractivity contribution >= 4 is 11.9 Å². The molecular weight excluding hydrogens is 234 g/mol. The zero-order valence-corrected chi connectivity index (χ0v) is 9.38. The van der Waals surface area contributed by atoms with Crippen LogP contribution in [0.25, 0.3) is 0 Å². The van der Waals surface area contributed by atoms with Crippen molar-refractivity contribution in [2.24, 2.45) is 0 Å². The number of nitrogens with zero attached hydrogens (tertiary/aromatic N) is 1. The number of aromatic nitrogens is 2. The minimum absolute atomic E-state index is 0.199. The number of carbonyl (C=O) groups excluding carboxylic acids is 1. The van der Waals surface area contributed by atoms with Gasteiger partial charge in [-0.05, 0) is 17.7 Å². The molecule has 0 bridgehead atoms. The molecule has 2 aromatic rings. The maximum absolute atomic E-state index is 11.6. The van der Waals surface area contributed by atoms with Crippen molar-refractivity contribution in [2.75, 3.05) is 0 Å². The van der Waals surface area contributed by atoms with E-state index in [1.807, 2.05) is 0 Å². The molecule has 0 aliphatic carbocycles. The molecule has 0 fully saturated rings. The Labute approximate surface area is 103 Å². The summed E-state index contributed by atoms with van der Waals surface area (Å²) < 4.78 is 0. The Morgan fingerprint density at radius 3 is 2.83 bits per heavy atom. The first-order valence-corrected chi connectivity index (χ1v) is 5.26. The Morgan fingerprint density at radius 1 is 1.33 bits per heavy atom.